The topological polar surface area (TPSA) is 66.4 Å². The van der Waals surface area contributed by atoms with E-state index in [-0.39, 0.29) is 35.5 Å². The van der Waals surface area contributed by atoms with Gasteiger partial charge in [0.05, 0.1) is 0 Å². The van der Waals surface area contributed by atoms with Gasteiger partial charge in [-0.15, -0.1) is 0 Å². The number of aliphatic carboxylic acids is 1. The third-order valence-corrected chi connectivity index (χ3v) is 4.26. The maximum Gasteiger partial charge on any atom is 0.325 e. The summed E-state index contributed by atoms with van der Waals surface area (Å²) in [6.07, 6.45) is 17.1. The first-order valence-corrected chi connectivity index (χ1v) is 9.60. The second-order valence-corrected chi connectivity index (χ2v) is 6.62. The zero-order valence-corrected chi connectivity index (χ0v) is 18.2. The molecule has 0 aromatic rings. The van der Waals surface area contributed by atoms with E-state index in [1.165, 1.54) is 77.6 Å². The van der Waals surface area contributed by atoms with Gasteiger partial charge in [0.25, 0.3) is 0 Å². The molecule has 1 atom stereocenters. The van der Waals surface area contributed by atoms with Crippen LogP contribution in [0.15, 0.2) is 0 Å². The standard InChI is InChI=1S/C19H37NO3.Na/c1-3-4-5-6-7-8-9-10-11-12-13-14-15-16-18(21)20-17(2)19(22)23;/h17H,3-16H2,1-2H3,(H,20,21)(H,22,23);/t17-;/m0./s1. The van der Waals surface area contributed by atoms with Crippen molar-refractivity contribution in [2.24, 2.45) is 0 Å². The van der Waals surface area contributed by atoms with Crippen LogP contribution in [0.25, 0.3) is 0 Å². The van der Waals surface area contributed by atoms with Crippen LogP contribution in [0, 0.1) is 0 Å². The monoisotopic (exact) mass is 350 g/mol. The van der Waals surface area contributed by atoms with Gasteiger partial charge in [-0.05, 0) is 13.3 Å². The average molecular weight is 350 g/mol. The Kier molecular flexibility index (Phi) is 21.0. The van der Waals surface area contributed by atoms with E-state index < -0.39 is 12.0 Å². The predicted octanol–water partition coefficient (Wildman–Crippen LogP) is 4.68. The number of unbranched alkanes of at least 4 members (excludes halogenated alkanes) is 12. The second-order valence-electron chi connectivity index (χ2n) is 6.62. The largest absolute Gasteiger partial charge is 0.480 e. The minimum absolute atomic E-state index is 0. The van der Waals surface area contributed by atoms with E-state index in [0.29, 0.717) is 6.42 Å². The molecule has 24 heavy (non-hydrogen) atoms. The molecule has 0 aliphatic carbocycles. The SMILES string of the molecule is CCCCCCCCCCCCCCCC(=O)N[C@@H](C)C(=O)O.[Na]. The Morgan fingerprint density at radius 3 is 1.54 bits per heavy atom. The van der Waals surface area contributed by atoms with Crippen molar-refractivity contribution in [2.75, 3.05) is 0 Å². The first kappa shape index (κ1) is 26.2. The van der Waals surface area contributed by atoms with E-state index in [4.69, 9.17) is 5.11 Å². The molecule has 0 bridgehead atoms. The maximum atomic E-state index is 11.5. The normalized spacial score (nSPS) is 11.6. The summed E-state index contributed by atoms with van der Waals surface area (Å²) in [5.41, 5.74) is 0. The molecule has 2 N–H and O–H groups in total. The van der Waals surface area contributed by atoms with Gasteiger partial charge in [0, 0.05) is 36.0 Å². The Labute approximate surface area is 170 Å². The summed E-state index contributed by atoms with van der Waals surface area (Å²) < 4.78 is 0. The van der Waals surface area contributed by atoms with Gasteiger partial charge >= 0.3 is 5.97 Å². The molecule has 0 saturated heterocycles. The number of hydrogen-bond donors (Lipinski definition) is 2. The molecule has 0 rings (SSSR count). The molecule has 0 unspecified atom stereocenters. The summed E-state index contributed by atoms with van der Waals surface area (Å²) in [4.78, 5) is 22.1. The van der Waals surface area contributed by atoms with E-state index in [1.54, 1.807) is 0 Å². The van der Waals surface area contributed by atoms with Crippen molar-refractivity contribution in [2.45, 2.75) is 110 Å². The molecular formula is C19H37NNaO3. The Bertz CT molecular complexity index is 311. The third kappa shape index (κ3) is 18.3. The summed E-state index contributed by atoms with van der Waals surface area (Å²) in [6, 6.07) is -0.788. The van der Waals surface area contributed by atoms with Gasteiger partial charge in [-0.25, -0.2) is 0 Å². The van der Waals surface area contributed by atoms with E-state index >= 15 is 0 Å². The Morgan fingerprint density at radius 1 is 0.792 bits per heavy atom. The third-order valence-electron chi connectivity index (χ3n) is 4.26. The fraction of sp³-hybridized carbons (Fsp3) is 0.895. The number of rotatable bonds is 16. The van der Waals surface area contributed by atoms with Crippen molar-refractivity contribution < 1.29 is 14.7 Å². The predicted molar refractivity (Wildman–Crippen MR) is 101 cm³/mol. The van der Waals surface area contributed by atoms with Gasteiger partial charge in [-0.2, -0.15) is 0 Å². The molecule has 0 aromatic heterocycles. The molecule has 0 fully saturated rings. The Morgan fingerprint density at radius 2 is 1.17 bits per heavy atom. The summed E-state index contributed by atoms with van der Waals surface area (Å²) >= 11 is 0. The number of hydrogen-bond acceptors (Lipinski definition) is 2. The maximum absolute atomic E-state index is 11.5. The second kappa shape index (κ2) is 19.3. The molecule has 0 heterocycles. The fourth-order valence-corrected chi connectivity index (χ4v) is 2.68. The van der Waals surface area contributed by atoms with E-state index in [2.05, 4.69) is 12.2 Å². The number of carboxylic acid groups (broad SMARTS) is 1. The zero-order chi connectivity index (χ0) is 17.3. The minimum atomic E-state index is -0.983. The molecule has 1 radical (unpaired) electrons. The molecule has 0 aliphatic heterocycles. The molecule has 5 heteroatoms. The molecule has 4 nitrogen and oxygen atoms in total. The van der Waals surface area contributed by atoms with E-state index in [9.17, 15) is 9.59 Å². The Balaban J connectivity index is 0. The number of amides is 1. The van der Waals surface area contributed by atoms with Crippen molar-refractivity contribution >= 4 is 41.4 Å². The van der Waals surface area contributed by atoms with Gasteiger partial charge in [0.2, 0.25) is 5.91 Å². The first-order chi connectivity index (χ1) is 11.1. The van der Waals surface area contributed by atoms with Crippen LogP contribution in [0.2, 0.25) is 0 Å². The van der Waals surface area contributed by atoms with Crippen molar-refractivity contribution in [1.29, 1.82) is 0 Å². The summed E-state index contributed by atoms with van der Waals surface area (Å²) in [5, 5.41) is 11.2. The van der Waals surface area contributed by atoms with Gasteiger partial charge in [-0.1, -0.05) is 84.0 Å². The molecule has 0 aliphatic rings. The van der Waals surface area contributed by atoms with Gasteiger partial charge < -0.3 is 10.4 Å². The van der Waals surface area contributed by atoms with Crippen LogP contribution in [0.4, 0.5) is 0 Å². The van der Waals surface area contributed by atoms with E-state index in [0.717, 1.165) is 12.8 Å². The number of carbonyl (C=O) groups excluding carboxylic acids is 1. The van der Waals surface area contributed by atoms with E-state index in [1.807, 2.05) is 0 Å². The first-order valence-electron chi connectivity index (χ1n) is 9.60. The van der Waals surface area contributed by atoms with Crippen LogP contribution in [0.5, 0.6) is 0 Å². The smallest absolute Gasteiger partial charge is 0.325 e. The fourth-order valence-electron chi connectivity index (χ4n) is 2.68. The molecular weight excluding hydrogens is 313 g/mol. The van der Waals surface area contributed by atoms with Crippen molar-refractivity contribution in [3.05, 3.63) is 0 Å². The van der Waals surface area contributed by atoms with Crippen molar-refractivity contribution in [3.63, 3.8) is 0 Å². The van der Waals surface area contributed by atoms with Crippen LogP contribution in [-0.4, -0.2) is 52.6 Å². The summed E-state index contributed by atoms with van der Waals surface area (Å²) in [6.45, 7) is 3.74. The van der Waals surface area contributed by atoms with Crippen LogP contribution in [-0.2, 0) is 9.59 Å². The number of carboxylic acids is 1. The van der Waals surface area contributed by atoms with Gasteiger partial charge in [0.1, 0.15) is 6.04 Å². The van der Waals surface area contributed by atoms with Gasteiger partial charge in [0.15, 0.2) is 0 Å². The molecule has 0 saturated carbocycles. The van der Waals surface area contributed by atoms with Crippen molar-refractivity contribution in [1.82, 2.24) is 5.32 Å². The quantitative estimate of drug-likeness (QED) is 0.314. The summed E-state index contributed by atoms with van der Waals surface area (Å²) in [5.74, 6) is -1.13. The zero-order valence-electron chi connectivity index (χ0n) is 16.2. The number of carbonyl (C=O) groups is 2. The van der Waals surface area contributed by atoms with Crippen LogP contribution in [0.3, 0.4) is 0 Å². The van der Waals surface area contributed by atoms with Crippen LogP contribution < -0.4 is 5.32 Å². The summed E-state index contributed by atoms with van der Waals surface area (Å²) in [7, 11) is 0. The Hall–Kier alpha value is -0.0600. The molecule has 0 spiro atoms. The number of nitrogens with one attached hydrogen (secondary N) is 1. The van der Waals surface area contributed by atoms with Crippen molar-refractivity contribution in [3.8, 4) is 0 Å². The molecule has 137 valence electrons. The minimum Gasteiger partial charge on any atom is -0.480 e. The molecule has 1 amide bonds. The van der Waals surface area contributed by atoms with Crippen LogP contribution >= 0.6 is 0 Å². The van der Waals surface area contributed by atoms with Gasteiger partial charge in [-0.3, -0.25) is 9.59 Å². The van der Waals surface area contributed by atoms with Crippen LogP contribution in [0.1, 0.15) is 104 Å². The molecule has 0 aromatic carbocycles. The average Bonchev–Trinajstić information content (AvgIpc) is 2.51.